The van der Waals surface area contributed by atoms with Gasteiger partial charge in [0.05, 0.1) is 12.0 Å². The summed E-state index contributed by atoms with van der Waals surface area (Å²) in [6.45, 7) is 6.52. The third-order valence-electron chi connectivity index (χ3n) is 2.83. The van der Waals surface area contributed by atoms with Crippen molar-refractivity contribution in [3.05, 3.63) is 0 Å². The smallest absolute Gasteiger partial charge is 0.310 e. The summed E-state index contributed by atoms with van der Waals surface area (Å²) >= 11 is 0. The quantitative estimate of drug-likeness (QED) is 0.721. The van der Waals surface area contributed by atoms with Crippen LogP contribution in [0, 0.1) is 11.3 Å². The van der Waals surface area contributed by atoms with Crippen LogP contribution in [0.25, 0.3) is 0 Å². The largest absolute Gasteiger partial charge is 0.481 e. The third kappa shape index (κ3) is 4.18. The highest BCUT2D eigenvalue weighted by Gasteiger charge is 2.26. The SMILES string of the molecule is CC(C)(CNCC1CCCOC1)C(=O)O. The third-order valence-corrected chi connectivity index (χ3v) is 2.83. The molecule has 2 N–H and O–H groups in total. The number of carbonyl (C=O) groups is 1. The molecule has 4 nitrogen and oxygen atoms in total. The van der Waals surface area contributed by atoms with Crippen LogP contribution in [0.4, 0.5) is 0 Å². The van der Waals surface area contributed by atoms with Gasteiger partial charge in [0.2, 0.25) is 0 Å². The van der Waals surface area contributed by atoms with Crippen molar-refractivity contribution in [2.75, 3.05) is 26.3 Å². The minimum absolute atomic E-state index is 0.513. The van der Waals surface area contributed by atoms with Crippen LogP contribution in [0.15, 0.2) is 0 Å². The van der Waals surface area contributed by atoms with Crippen LogP contribution in [0.3, 0.4) is 0 Å². The molecular weight excluding hydrogens is 194 g/mol. The summed E-state index contributed by atoms with van der Waals surface area (Å²) in [6.07, 6.45) is 2.30. The fourth-order valence-corrected chi connectivity index (χ4v) is 1.63. The minimum Gasteiger partial charge on any atom is -0.481 e. The van der Waals surface area contributed by atoms with Crippen LogP contribution in [-0.4, -0.2) is 37.4 Å². The second kappa shape index (κ2) is 5.47. The Morgan fingerprint density at radius 1 is 1.60 bits per heavy atom. The first-order valence-electron chi connectivity index (χ1n) is 5.54. The number of hydrogen-bond donors (Lipinski definition) is 2. The van der Waals surface area contributed by atoms with Gasteiger partial charge in [0.15, 0.2) is 0 Å². The zero-order chi connectivity index (χ0) is 11.3. The van der Waals surface area contributed by atoms with E-state index in [1.165, 1.54) is 6.42 Å². The average molecular weight is 215 g/mol. The molecule has 0 aliphatic carbocycles. The molecule has 1 aliphatic rings. The van der Waals surface area contributed by atoms with Gasteiger partial charge in [0.25, 0.3) is 0 Å². The molecule has 0 saturated carbocycles. The monoisotopic (exact) mass is 215 g/mol. The standard InChI is InChI=1S/C11H21NO3/c1-11(2,10(13)14)8-12-6-9-4-3-5-15-7-9/h9,12H,3-8H2,1-2H3,(H,13,14). The first kappa shape index (κ1) is 12.5. The highest BCUT2D eigenvalue weighted by molar-refractivity contribution is 5.73. The predicted octanol–water partition coefficient (Wildman–Crippen LogP) is 1.11. The van der Waals surface area contributed by atoms with Crippen molar-refractivity contribution in [3.8, 4) is 0 Å². The Labute approximate surface area is 91.0 Å². The van der Waals surface area contributed by atoms with E-state index in [4.69, 9.17) is 9.84 Å². The molecule has 0 aromatic carbocycles. The van der Waals surface area contributed by atoms with Crippen LogP contribution in [-0.2, 0) is 9.53 Å². The van der Waals surface area contributed by atoms with E-state index in [2.05, 4.69) is 5.32 Å². The Kier molecular flexibility index (Phi) is 4.54. The molecule has 4 heteroatoms. The number of carboxylic acid groups (broad SMARTS) is 1. The van der Waals surface area contributed by atoms with E-state index in [9.17, 15) is 4.79 Å². The molecular formula is C11H21NO3. The molecule has 1 fully saturated rings. The van der Waals surface area contributed by atoms with Gasteiger partial charge in [-0.25, -0.2) is 0 Å². The van der Waals surface area contributed by atoms with Gasteiger partial charge in [-0.15, -0.1) is 0 Å². The maximum atomic E-state index is 10.8. The van der Waals surface area contributed by atoms with E-state index in [0.717, 1.165) is 26.2 Å². The normalized spacial score (nSPS) is 22.7. The summed E-state index contributed by atoms with van der Waals surface area (Å²) < 4.78 is 5.36. The minimum atomic E-state index is -0.755. The van der Waals surface area contributed by atoms with E-state index in [0.29, 0.717) is 12.5 Å². The Bertz CT molecular complexity index is 210. The highest BCUT2D eigenvalue weighted by Crippen LogP contribution is 2.15. The number of aliphatic carboxylic acids is 1. The van der Waals surface area contributed by atoms with E-state index in [1.807, 2.05) is 0 Å². The summed E-state index contributed by atoms with van der Waals surface area (Å²) in [5.74, 6) is -0.210. The second-order valence-electron chi connectivity index (χ2n) is 4.90. The average Bonchev–Trinajstić information content (AvgIpc) is 2.19. The maximum Gasteiger partial charge on any atom is 0.310 e. The molecule has 0 radical (unpaired) electrons. The summed E-state index contributed by atoms with van der Waals surface area (Å²) in [4.78, 5) is 10.8. The molecule has 1 unspecified atom stereocenters. The number of rotatable bonds is 5. The van der Waals surface area contributed by atoms with Crippen molar-refractivity contribution in [3.63, 3.8) is 0 Å². The van der Waals surface area contributed by atoms with Gasteiger partial charge in [0, 0.05) is 19.7 Å². The van der Waals surface area contributed by atoms with E-state index in [-0.39, 0.29) is 0 Å². The van der Waals surface area contributed by atoms with Gasteiger partial charge in [-0.1, -0.05) is 0 Å². The number of hydrogen-bond acceptors (Lipinski definition) is 3. The van der Waals surface area contributed by atoms with E-state index < -0.39 is 11.4 Å². The molecule has 0 spiro atoms. The molecule has 0 aromatic heterocycles. The summed E-state index contributed by atoms with van der Waals surface area (Å²) in [6, 6.07) is 0. The number of nitrogens with one attached hydrogen (secondary N) is 1. The Morgan fingerprint density at radius 2 is 2.33 bits per heavy atom. The Morgan fingerprint density at radius 3 is 2.87 bits per heavy atom. The van der Waals surface area contributed by atoms with Crippen molar-refractivity contribution in [2.45, 2.75) is 26.7 Å². The van der Waals surface area contributed by atoms with Crippen molar-refractivity contribution >= 4 is 5.97 Å². The van der Waals surface area contributed by atoms with Gasteiger partial charge < -0.3 is 15.2 Å². The van der Waals surface area contributed by atoms with Crippen molar-refractivity contribution < 1.29 is 14.6 Å². The van der Waals surface area contributed by atoms with Crippen LogP contribution >= 0.6 is 0 Å². The lowest BCUT2D eigenvalue weighted by atomic mass is 9.93. The molecule has 88 valence electrons. The van der Waals surface area contributed by atoms with Crippen LogP contribution in [0.2, 0.25) is 0 Å². The van der Waals surface area contributed by atoms with Crippen molar-refractivity contribution in [1.29, 1.82) is 0 Å². The zero-order valence-corrected chi connectivity index (χ0v) is 9.58. The zero-order valence-electron chi connectivity index (χ0n) is 9.58. The summed E-state index contributed by atoms with van der Waals surface area (Å²) in [5.41, 5.74) is -0.685. The van der Waals surface area contributed by atoms with Gasteiger partial charge in [-0.3, -0.25) is 4.79 Å². The molecule has 0 amide bonds. The van der Waals surface area contributed by atoms with Crippen molar-refractivity contribution in [2.24, 2.45) is 11.3 Å². The Hall–Kier alpha value is -0.610. The summed E-state index contributed by atoms with van der Waals surface area (Å²) in [5, 5.41) is 12.1. The number of carboxylic acids is 1. The van der Waals surface area contributed by atoms with Gasteiger partial charge in [-0.05, 0) is 32.6 Å². The first-order chi connectivity index (χ1) is 7.02. The molecule has 1 heterocycles. The highest BCUT2D eigenvalue weighted by atomic mass is 16.5. The van der Waals surface area contributed by atoms with Crippen LogP contribution in [0.5, 0.6) is 0 Å². The van der Waals surface area contributed by atoms with E-state index >= 15 is 0 Å². The lowest BCUT2D eigenvalue weighted by Gasteiger charge is -2.25. The summed E-state index contributed by atoms with van der Waals surface area (Å²) in [7, 11) is 0. The van der Waals surface area contributed by atoms with Gasteiger partial charge in [0.1, 0.15) is 0 Å². The predicted molar refractivity (Wildman–Crippen MR) is 57.8 cm³/mol. The van der Waals surface area contributed by atoms with Crippen molar-refractivity contribution in [1.82, 2.24) is 5.32 Å². The number of ether oxygens (including phenoxy) is 1. The second-order valence-corrected chi connectivity index (χ2v) is 4.90. The van der Waals surface area contributed by atoms with Crippen LogP contribution in [0.1, 0.15) is 26.7 Å². The lowest BCUT2D eigenvalue weighted by Crippen LogP contribution is -2.39. The van der Waals surface area contributed by atoms with Gasteiger partial charge in [-0.2, -0.15) is 0 Å². The molecule has 1 rings (SSSR count). The lowest BCUT2D eigenvalue weighted by molar-refractivity contribution is -0.146. The fourth-order valence-electron chi connectivity index (χ4n) is 1.63. The molecule has 0 bridgehead atoms. The molecule has 15 heavy (non-hydrogen) atoms. The Balaban J connectivity index is 2.17. The van der Waals surface area contributed by atoms with E-state index in [1.54, 1.807) is 13.8 Å². The maximum absolute atomic E-state index is 10.8. The molecule has 0 aromatic rings. The first-order valence-corrected chi connectivity index (χ1v) is 5.54. The van der Waals surface area contributed by atoms with Crippen LogP contribution < -0.4 is 5.32 Å². The molecule has 1 saturated heterocycles. The molecule has 1 atom stereocenters. The topological polar surface area (TPSA) is 58.6 Å². The van der Waals surface area contributed by atoms with Gasteiger partial charge >= 0.3 is 5.97 Å². The fraction of sp³-hybridized carbons (Fsp3) is 0.909. The molecule has 1 aliphatic heterocycles.